The van der Waals surface area contributed by atoms with Crippen molar-refractivity contribution < 1.29 is 9.53 Å². The van der Waals surface area contributed by atoms with Crippen molar-refractivity contribution in [2.45, 2.75) is 26.8 Å². The van der Waals surface area contributed by atoms with Gasteiger partial charge in [-0.3, -0.25) is 14.3 Å². The Morgan fingerprint density at radius 3 is 2.63 bits per heavy atom. The predicted molar refractivity (Wildman–Crippen MR) is 116 cm³/mol. The summed E-state index contributed by atoms with van der Waals surface area (Å²) >= 11 is 1.29. The van der Waals surface area contributed by atoms with Gasteiger partial charge in [0.05, 0.1) is 34.1 Å². The van der Waals surface area contributed by atoms with Crippen LogP contribution in [0.5, 0.6) is 0 Å². The molecule has 3 aromatic rings. The van der Waals surface area contributed by atoms with Crippen molar-refractivity contribution in [2.24, 2.45) is 4.99 Å². The average Bonchev–Trinajstić information content (AvgIpc) is 3.02. The molecule has 4 rings (SSSR count). The van der Waals surface area contributed by atoms with Gasteiger partial charge in [-0.2, -0.15) is 0 Å². The largest absolute Gasteiger partial charge is 0.463 e. The second kappa shape index (κ2) is 8.20. The normalized spacial score (nSPS) is 16.2. The van der Waals surface area contributed by atoms with Gasteiger partial charge in [-0.15, -0.1) is 0 Å². The number of aryl methyl sites for hydroxylation is 1. The molecule has 3 heterocycles. The lowest BCUT2D eigenvalue weighted by molar-refractivity contribution is -0.139. The summed E-state index contributed by atoms with van der Waals surface area (Å²) in [5, 5.41) is 0. The van der Waals surface area contributed by atoms with Gasteiger partial charge in [0, 0.05) is 5.69 Å². The predicted octanol–water partition coefficient (Wildman–Crippen LogP) is 2.50. The summed E-state index contributed by atoms with van der Waals surface area (Å²) in [7, 11) is 0. The molecule has 1 aliphatic rings. The van der Waals surface area contributed by atoms with E-state index in [4.69, 9.17) is 4.74 Å². The zero-order valence-electron chi connectivity index (χ0n) is 17.0. The fourth-order valence-electron chi connectivity index (χ4n) is 3.52. The second-order valence-electron chi connectivity index (χ2n) is 6.92. The van der Waals surface area contributed by atoms with Crippen LogP contribution in [-0.2, 0) is 9.53 Å². The number of fused-ring (bicyclic) bond motifs is 1. The number of ether oxygens (including phenoxy) is 1. The van der Waals surface area contributed by atoms with E-state index in [0.717, 1.165) is 11.3 Å². The summed E-state index contributed by atoms with van der Waals surface area (Å²) in [6, 6.07) is 14.6. The fourth-order valence-corrected chi connectivity index (χ4v) is 4.55. The van der Waals surface area contributed by atoms with Crippen molar-refractivity contribution in [3.05, 3.63) is 96.4 Å². The number of thiazole rings is 1. The van der Waals surface area contributed by atoms with Crippen LogP contribution in [0.1, 0.15) is 36.8 Å². The molecule has 0 saturated carbocycles. The van der Waals surface area contributed by atoms with E-state index in [1.165, 1.54) is 11.3 Å². The maximum atomic E-state index is 13.4. The van der Waals surface area contributed by atoms with E-state index in [0.29, 0.717) is 26.3 Å². The molecule has 0 radical (unpaired) electrons. The molecule has 152 valence electrons. The molecule has 30 heavy (non-hydrogen) atoms. The van der Waals surface area contributed by atoms with Gasteiger partial charge in [0.25, 0.3) is 5.56 Å². The van der Waals surface area contributed by atoms with E-state index >= 15 is 0 Å². The molecule has 2 aromatic heterocycles. The highest BCUT2D eigenvalue weighted by molar-refractivity contribution is 7.07. The van der Waals surface area contributed by atoms with Gasteiger partial charge in [-0.25, -0.2) is 9.79 Å². The third kappa shape index (κ3) is 3.64. The smallest absolute Gasteiger partial charge is 0.338 e. The quantitative estimate of drug-likeness (QED) is 0.609. The summed E-state index contributed by atoms with van der Waals surface area (Å²) in [5.41, 5.74) is 3.15. The Morgan fingerprint density at radius 1 is 1.17 bits per heavy atom. The van der Waals surface area contributed by atoms with Gasteiger partial charge >= 0.3 is 5.97 Å². The van der Waals surface area contributed by atoms with E-state index in [9.17, 15) is 9.59 Å². The number of allylic oxidation sites excluding steroid dienone is 1. The van der Waals surface area contributed by atoms with Crippen LogP contribution >= 0.6 is 11.3 Å². The molecule has 0 bridgehead atoms. The minimum Gasteiger partial charge on any atom is -0.463 e. The number of pyridine rings is 1. The highest BCUT2D eigenvalue weighted by Gasteiger charge is 2.33. The Balaban J connectivity index is 1.96. The highest BCUT2D eigenvalue weighted by atomic mass is 32.1. The number of carbonyl (C=O) groups excluding carboxylic acids is 1. The van der Waals surface area contributed by atoms with Crippen molar-refractivity contribution in [2.75, 3.05) is 6.61 Å². The summed E-state index contributed by atoms with van der Waals surface area (Å²) in [4.78, 5) is 35.8. The monoisotopic (exact) mass is 419 g/mol. The van der Waals surface area contributed by atoms with Gasteiger partial charge in [-0.1, -0.05) is 47.7 Å². The highest BCUT2D eigenvalue weighted by Crippen LogP contribution is 2.30. The Labute approximate surface area is 177 Å². The van der Waals surface area contributed by atoms with Gasteiger partial charge in [0.2, 0.25) is 0 Å². The number of nitrogens with zero attached hydrogens (tertiary/aromatic N) is 3. The first kappa shape index (κ1) is 20.0. The number of aromatic nitrogens is 2. The molecule has 1 aliphatic heterocycles. The van der Waals surface area contributed by atoms with E-state index < -0.39 is 12.0 Å². The van der Waals surface area contributed by atoms with Crippen molar-refractivity contribution in [3.8, 4) is 0 Å². The van der Waals surface area contributed by atoms with Crippen LogP contribution in [0.15, 0.2) is 69.6 Å². The average molecular weight is 420 g/mol. The van der Waals surface area contributed by atoms with Crippen LogP contribution in [0.4, 0.5) is 0 Å². The summed E-state index contributed by atoms with van der Waals surface area (Å²) in [6.07, 6.45) is 1.77. The molecular weight excluding hydrogens is 398 g/mol. The molecule has 0 N–H and O–H groups in total. The second-order valence-corrected chi connectivity index (χ2v) is 7.93. The molecule has 6 nitrogen and oxygen atoms in total. The van der Waals surface area contributed by atoms with Gasteiger partial charge in [0.1, 0.15) is 0 Å². The zero-order valence-corrected chi connectivity index (χ0v) is 17.8. The number of rotatable bonds is 4. The van der Waals surface area contributed by atoms with Crippen molar-refractivity contribution in [1.82, 2.24) is 9.55 Å². The molecule has 7 heteroatoms. The minimum absolute atomic E-state index is 0.204. The molecule has 1 atom stereocenters. The van der Waals surface area contributed by atoms with Crippen LogP contribution in [0.3, 0.4) is 0 Å². The molecular formula is C23H21N3O3S. The maximum absolute atomic E-state index is 13.4. The number of esters is 1. The molecule has 0 spiro atoms. The first-order valence-electron chi connectivity index (χ1n) is 9.68. The Bertz CT molecular complexity index is 1320. The van der Waals surface area contributed by atoms with Crippen LogP contribution < -0.4 is 14.9 Å². The first-order valence-corrected chi connectivity index (χ1v) is 10.5. The van der Waals surface area contributed by atoms with Crippen LogP contribution in [0.2, 0.25) is 0 Å². The van der Waals surface area contributed by atoms with E-state index in [1.807, 2.05) is 55.5 Å². The molecule has 0 aliphatic carbocycles. The lowest BCUT2D eigenvalue weighted by Gasteiger charge is -2.24. The van der Waals surface area contributed by atoms with Crippen molar-refractivity contribution in [1.29, 1.82) is 0 Å². The first-order chi connectivity index (χ1) is 14.5. The number of hydrogen-bond acceptors (Lipinski definition) is 6. The SMILES string of the molecule is CCOC(=O)C1=C(C)N=c2s/c(=C/c3cccc(C)n3)c(=O)n2[C@H]1c1ccccc1. The van der Waals surface area contributed by atoms with Crippen LogP contribution in [-0.4, -0.2) is 22.1 Å². The molecule has 0 unspecified atom stereocenters. The molecule has 0 fully saturated rings. The van der Waals surface area contributed by atoms with Crippen molar-refractivity contribution in [3.63, 3.8) is 0 Å². The standard InChI is InChI=1S/C23H21N3O3S/c1-4-29-22(28)19-15(3)25-23-26(20(19)16-10-6-5-7-11-16)21(27)18(30-23)13-17-12-8-9-14(2)24-17/h5-13,20H,4H2,1-3H3/b18-13+/t20-/m0/s1. The minimum atomic E-state index is -0.589. The zero-order chi connectivity index (χ0) is 21.3. The topological polar surface area (TPSA) is 73.6 Å². The van der Waals surface area contributed by atoms with Gasteiger partial charge in [-0.05, 0) is 44.5 Å². The Hall–Kier alpha value is -3.32. The summed E-state index contributed by atoms with van der Waals surface area (Å²) in [6.45, 7) is 5.70. The van der Waals surface area contributed by atoms with E-state index in [2.05, 4.69) is 9.98 Å². The molecule has 1 aromatic carbocycles. The van der Waals surface area contributed by atoms with E-state index in [-0.39, 0.29) is 12.2 Å². The number of carbonyl (C=O) groups is 1. The lowest BCUT2D eigenvalue weighted by Crippen LogP contribution is -2.39. The van der Waals surface area contributed by atoms with Crippen LogP contribution in [0.25, 0.3) is 6.08 Å². The van der Waals surface area contributed by atoms with Gasteiger partial charge in [0.15, 0.2) is 4.80 Å². The Morgan fingerprint density at radius 2 is 1.93 bits per heavy atom. The third-order valence-electron chi connectivity index (χ3n) is 4.82. The van der Waals surface area contributed by atoms with E-state index in [1.54, 1.807) is 24.5 Å². The molecule has 0 saturated heterocycles. The molecule has 0 amide bonds. The third-order valence-corrected chi connectivity index (χ3v) is 5.80. The summed E-state index contributed by atoms with van der Waals surface area (Å²) in [5.74, 6) is -0.456. The Kier molecular flexibility index (Phi) is 5.46. The summed E-state index contributed by atoms with van der Waals surface area (Å²) < 4.78 is 7.39. The van der Waals surface area contributed by atoms with Gasteiger partial charge < -0.3 is 4.74 Å². The fraction of sp³-hybridized carbons (Fsp3) is 0.217. The lowest BCUT2D eigenvalue weighted by atomic mass is 9.96. The maximum Gasteiger partial charge on any atom is 0.338 e. The van der Waals surface area contributed by atoms with Crippen molar-refractivity contribution >= 4 is 23.4 Å². The van der Waals surface area contributed by atoms with Crippen LogP contribution in [0, 0.1) is 6.92 Å². The number of hydrogen-bond donors (Lipinski definition) is 0. The number of benzene rings is 1.